The average Bonchev–Trinajstić information content (AvgIpc) is 2.94. The van der Waals surface area contributed by atoms with Gasteiger partial charge in [0.1, 0.15) is 17.2 Å². The van der Waals surface area contributed by atoms with Crippen LogP contribution in [0.25, 0.3) is 0 Å². The summed E-state index contributed by atoms with van der Waals surface area (Å²) < 4.78 is 6.71. The zero-order valence-electron chi connectivity index (χ0n) is 10.5. The van der Waals surface area contributed by atoms with Crippen LogP contribution in [-0.4, -0.2) is 25.1 Å². The van der Waals surface area contributed by atoms with E-state index in [4.69, 9.17) is 5.73 Å². The van der Waals surface area contributed by atoms with E-state index in [0.29, 0.717) is 12.3 Å². The summed E-state index contributed by atoms with van der Waals surface area (Å²) >= 11 is 1.57. The van der Waals surface area contributed by atoms with Gasteiger partial charge >= 0.3 is 0 Å². The molecular weight excluding hydrogens is 252 g/mol. The van der Waals surface area contributed by atoms with Crippen LogP contribution >= 0.6 is 11.8 Å². The number of thioether (sulfide) groups is 1. The molecule has 0 unspecified atom stereocenters. The summed E-state index contributed by atoms with van der Waals surface area (Å²) in [4.78, 5) is 0. The van der Waals surface area contributed by atoms with Crippen LogP contribution in [0.5, 0.6) is 0 Å². The first-order chi connectivity index (χ1) is 8.76. The lowest BCUT2D eigenvalue weighted by Gasteiger charge is -2.06. The highest BCUT2D eigenvalue weighted by atomic mass is 32.2. The second-order valence-corrected chi connectivity index (χ2v) is 4.78. The number of hydrogen-bond donors (Lipinski definition) is 1. The molecule has 0 aromatic carbocycles. The van der Waals surface area contributed by atoms with Crippen LogP contribution < -0.4 is 5.73 Å². The Balaban J connectivity index is 2.09. The molecule has 0 atom stereocenters. The van der Waals surface area contributed by atoms with Crippen molar-refractivity contribution in [3.05, 3.63) is 17.2 Å². The maximum atomic E-state index is 5.64. The summed E-state index contributed by atoms with van der Waals surface area (Å²) in [5.41, 5.74) is 7.28. The van der Waals surface area contributed by atoms with Crippen molar-refractivity contribution in [3.8, 4) is 0 Å². The van der Waals surface area contributed by atoms with Crippen LogP contribution in [0.15, 0.2) is 9.79 Å². The summed E-state index contributed by atoms with van der Waals surface area (Å²) in [5.74, 6) is 1.48. The van der Waals surface area contributed by atoms with Crippen molar-refractivity contribution in [1.29, 1.82) is 0 Å². The number of nitrogens with zero attached hydrogens (tertiary/aromatic N) is 5. The number of rotatable bonds is 6. The Morgan fingerprint density at radius 2 is 2.17 bits per heavy atom. The molecule has 0 bridgehead atoms. The minimum absolute atomic E-state index is 0.401. The van der Waals surface area contributed by atoms with Crippen molar-refractivity contribution >= 4 is 11.8 Å². The smallest absolute Gasteiger partial charge is 0.191 e. The van der Waals surface area contributed by atoms with Gasteiger partial charge in [0.2, 0.25) is 0 Å². The van der Waals surface area contributed by atoms with E-state index in [1.165, 1.54) is 0 Å². The average molecular weight is 268 g/mol. The molecule has 0 fully saturated rings. The Bertz CT molecular complexity index is 508. The van der Waals surface area contributed by atoms with E-state index >= 15 is 0 Å². The molecule has 0 aliphatic rings. The fraction of sp³-hybridized carbons (Fsp3) is 0.600. The summed E-state index contributed by atoms with van der Waals surface area (Å²) in [6.07, 6.45) is 1.02. The van der Waals surface area contributed by atoms with Gasteiger partial charge in [0, 0.05) is 12.3 Å². The first kappa shape index (κ1) is 13.0. The first-order valence-electron chi connectivity index (χ1n) is 5.79. The molecule has 0 aliphatic heterocycles. The molecule has 0 saturated heterocycles. The Labute approximate surface area is 109 Å². The number of hydrogen-bond acceptors (Lipinski definition) is 7. The van der Waals surface area contributed by atoms with Gasteiger partial charge in [-0.15, -0.1) is 10.2 Å². The van der Waals surface area contributed by atoms with Gasteiger partial charge in [0.15, 0.2) is 5.16 Å². The Morgan fingerprint density at radius 1 is 1.33 bits per heavy atom. The van der Waals surface area contributed by atoms with E-state index in [-0.39, 0.29) is 0 Å². The van der Waals surface area contributed by atoms with E-state index in [1.54, 1.807) is 11.8 Å². The topological polar surface area (TPSA) is 95.7 Å². The summed E-state index contributed by atoms with van der Waals surface area (Å²) in [6.45, 7) is 5.25. The second kappa shape index (κ2) is 5.96. The van der Waals surface area contributed by atoms with Gasteiger partial charge in [-0.25, -0.2) is 4.63 Å². The minimum atomic E-state index is 0.401. The molecule has 2 aromatic rings. The molecule has 98 valence electrons. The normalized spacial score (nSPS) is 11.1. The third-order valence-electron chi connectivity index (χ3n) is 2.51. The van der Waals surface area contributed by atoms with Gasteiger partial charge in [0.25, 0.3) is 0 Å². The number of nitrogens with two attached hydrogens (primary N) is 1. The fourth-order valence-corrected chi connectivity index (χ4v) is 2.52. The van der Waals surface area contributed by atoms with Crippen LogP contribution in [0.3, 0.4) is 0 Å². The highest BCUT2D eigenvalue weighted by molar-refractivity contribution is 7.98. The number of aryl methyl sites for hydroxylation is 1. The van der Waals surface area contributed by atoms with Crippen LogP contribution in [0.1, 0.15) is 30.6 Å². The Morgan fingerprint density at radius 3 is 2.78 bits per heavy atom. The largest absolute Gasteiger partial charge is 0.324 e. The van der Waals surface area contributed by atoms with E-state index < -0.39 is 0 Å². The van der Waals surface area contributed by atoms with Gasteiger partial charge in [0.05, 0.1) is 6.54 Å². The lowest BCUT2D eigenvalue weighted by atomic mass is 10.4. The standard InChI is InChI=1S/C10H16N6OS/c1-3-4-16-9(5-11)12-13-10(16)18-6-8-7(2)14-17-15-8/h3-6,11H2,1-2H3. The van der Waals surface area contributed by atoms with Crippen molar-refractivity contribution in [1.82, 2.24) is 25.1 Å². The predicted molar refractivity (Wildman–Crippen MR) is 66.8 cm³/mol. The molecule has 2 heterocycles. The highest BCUT2D eigenvalue weighted by Gasteiger charge is 2.13. The first-order valence-corrected chi connectivity index (χ1v) is 6.77. The Hall–Kier alpha value is -1.41. The van der Waals surface area contributed by atoms with Gasteiger partial charge in [-0.2, -0.15) is 0 Å². The van der Waals surface area contributed by atoms with Crippen molar-refractivity contribution in [2.45, 2.75) is 44.3 Å². The minimum Gasteiger partial charge on any atom is -0.324 e. The lowest BCUT2D eigenvalue weighted by molar-refractivity contribution is 0.302. The Kier molecular flexibility index (Phi) is 4.32. The van der Waals surface area contributed by atoms with Crippen LogP contribution in [0.4, 0.5) is 0 Å². The van der Waals surface area contributed by atoms with E-state index in [9.17, 15) is 0 Å². The second-order valence-electron chi connectivity index (χ2n) is 3.84. The van der Waals surface area contributed by atoms with E-state index in [1.807, 2.05) is 11.5 Å². The van der Waals surface area contributed by atoms with Gasteiger partial charge in [-0.3, -0.25) is 0 Å². The lowest BCUT2D eigenvalue weighted by Crippen LogP contribution is -2.09. The zero-order chi connectivity index (χ0) is 13.0. The van der Waals surface area contributed by atoms with Crippen LogP contribution in [0.2, 0.25) is 0 Å². The van der Waals surface area contributed by atoms with E-state index in [2.05, 4.69) is 32.1 Å². The van der Waals surface area contributed by atoms with Crippen molar-refractivity contribution < 1.29 is 4.63 Å². The summed E-state index contributed by atoms with van der Waals surface area (Å²) in [7, 11) is 0. The molecule has 0 amide bonds. The van der Waals surface area contributed by atoms with Crippen LogP contribution in [0, 0.1) is 6.92 Å². The predicted octanol–water partition coefficient (Wildman–Crippen LogP) is 1.13. The molecule has 18 heavy (non-hydrogen) atoms. The molecular formula is C10H16N6OS. The summed E-state index contributed by atoms with van der Waals surface area (Å²) in [6, 6.07) is 0. The molecule has 7 nitrogen and oxygen atoms in total. The van der Waals surface area contributed by atoms with Gasteiger partial charge < -0.3 is 10.3 Å². The maximum Gasteiger partial charge on any atom is 0.191 e. The SMILES string of the molecule is CCCn1c(CN)nnc1SCc1nonc1C. The van der Waals surface area contributed by atoms with Crippen molar-refractivity contribution in [2.75, 3.05) is 0 Å². The monoisotopic (exact) mass is 268 g/mol. The quantitative estimate of drug-likeness (QED) is 0.784. The molecule has 2 aromatic heterocycles. The van der Waals surface area contributed by atoms with Crippen molar-refractivity contribution in [3.63, 3.8) is 0 Å². The molecule has 0 spiro atoms. The maximum absolute atomic E-state index is 5.64. The molecule has 2 N–H and O–H groups in total. The third kappa shape index (κ3) is 2.70. The van der Waals surface area contributed by atoms with Gasteiger partial charge in [-0.05, 0) is 13.3 Å². The molecule has 0 aliphatic carbocycles. The third-order valence-corrected chi connectivity index (χ3v) is 3.49. The summed E-state index contributed by atoms with van der Waals surface area (Å²) in [5, 5.41) is 16.7. The van der Waals surface area contributed by atoms with Crippen molar-refractivity contribution in [2.24, 2.45) is 5.73 Å². The number of aromatic nitrogens is 5. The van der Waals surface area contributed by atoms with Crippen LogP contribution in [-0.2, 0) is 18.8 Å². The zero-order valence-corrected chi connectivity index (χ0v) is 11.3. The molecule has 8 heteroatoms. The van der Waals surface area contributed by atoms with E-state index in [0.717, 1.165) is 35.3 Å². The molecule has 0 saturated carbocycles. The fourth-order valence-electron chi connectivity index (χ4n) is 1.54. The highest BCUT2D eigenvalue weighted by Crippen LogP contribution is 2.22. The molecule has 0 radical (unpaired) electrons. The molecule has 2 rings (SSSR count). The van der Waals surface area contributed by atoms with Gasteiger partial charge in [-0.1, -0.05) is 29.0 Å².